The molecule has 0 saturated carbocycles. The summed E-state index contributed by atoms with van der Waals surface area (Å²) in [5, 5.41) is 2.50. The summed E-state index contributed by atoms with van der Waals surface area (Å²) < 4.78 is 42.9. The van der Waals surface area contributed by atoms with E-state index in [1.807, 2.05) is 91.0 Å². The Kier molecular flexibility index (Phi) is 8.07. The molecule has 2 heterocycles. The van der Waals surface area contributed by atoms with Gasteiger partial charge < -0.3 is 0 Å². The summed E-state index contributed by atoms with van der Waals surface area (Å²) in [7, 11) is 0. The van der Waals surface area contributed by atoms with Gasteiger partial charge >= 0.3 is 0 Å². The first kappa shape index (κ1) is 33.2. The van der Waals surface area contributed by atoms with Crippen molar-refractivity contribution in [3.63, 3.8) is 0 Å². The van der Waals surface area contributed by atoms with E-state index in [4.69, 9.17) is 28.1 Å². The molecule has 0 saturated heterocycles. The van der Waals surface area contributed by atoms with Crippen molar-refractivity contribution in [2.45, 2.75) is 0 Å². The van der Waals surface area contributed by atoms with E-state index in [0.717, 1.165) is 50.7 Å². The van der Waals surface area contributed by atoms with Crippen LogP contribution in [0.5, 0.6) is 0 Å². The summed E-state index contributed by atoms with van der Waals surface area (Å²) >= 11 is 0. The quantitative estimate of drug-likeness (QED) is 0.101. The molecule has 0 spiro atoms. The maximum Gasteiger partial charge on any atom is 0.194 e. The van der Waals surface area contributed by atoms with E-state index in [9.17, 15) is 13.2 Å². The lowest BCUT2D eigenvalue weighted by Crippen LogP contribution is -2.00. The van der Waals surface area contributed by atoms with Crippen LogP contribution in [0, 0.1) is 30.6 Å². The monoisotopic (exact) mass is 715 g/mol. The number of pyridine rings is 1. The number of aromatic nitrogens is 3. The van der Waals surface area contributed by atoms with Crippen LogP contribution in [0.2, 0.25) is 0 Å². The van der Waals surface area contributed by atoms with Crippen molar-refractivity contribution in [1.82, 2.24) is 15.0 Å². The maximum atomic E-state index is 14.5. The zero-order valence-corrected chi connectivity index (χ0v) is 28.7. The van der Waals surface area contributed by atoms with Gasteiger partial charge in [0, 0.05) is 21.7 Å². The standard InChI is InChI=1S/C47H24F3N5/c1-51-33-19-15-28(16-20-33)45-46(29-17-21-34(52-2)22-18-29)55-47-40(54-45)26-36(27-9-4-3-5-10-27)41-35-13-6-7-14-39(35)53-44(42(41)47)31-12-8-11-30(23-31)32-24-37(48)43(50)38(49)25-32/h3-26H. The predicted molar refractivity (Wildman–Crippen MR) is 212 cm³/mol. The van der Waals surface area contributed by atoms with E-state index >= 15 is 0 Å². The van der Waals surface area contributed by atoms with E-state index in [-0.39, 0.29) is 5.56 Å². The van der Waals surface area contributed by atoms with Gasteiger partial charge in [0.15, 0.2) is 28.8 Å². The van der Waals surface area contributed by atoms with Gasteiger partial charge in [0.2, 0.25) is 0 Å². The molecule has 7 aromatic carbocycles. The van der Waals surface area contributed by atoms with Crippen molar-refractivity contribution in [3.05, 3.63) is 186 Å². The lowest BCUT2D eigenvalue weighted by molar-refractivity contribution is 0.448. The number of rotatable bonds is 5. The fraction of sp³-hybridized carbons (Fsp3) is 0. The molecule has 2 aromatic heterocycles. The minimum absolute atomic E-state index is 0.178. The minimum atomic E-state index is -1.53. The Bertz CT molecular complexity index is 3050. The van der Waals surface area contributed by atoms with Gasteiger partial charge in [-0.25, -0.2) is 37.8 Å². The van der Waals surface area contributed by atoms with Crippen molar-refractivity contribution < 1.29 is 13.2 Å². The number of halogens is 3. The Morgan fingerprint density at radius 2 is 0.982 bits per heavy atom. The Morgan fingerprint density at radius 3 is 1.64 bits per heavy atom. The minimum Gasteiger partial charge on any atom is -0.247 e. The second-order valence-electron chi connectivity index (χ2n) is 13.0. The number of benzene rings is 7. The van der Waals surface area contributed by atoms with E-state index in [1.54, 1.807) is 42.5 Å². The van der Waals surface area contributed by atoms with E-state index < -0.39 is 17.5 Å². The highest BCUT2D eigenvalue weighted by molar-refractivity contribution is 6.25. The zero-order valence-electron chi connectivity index (χ0n) is 28.7. The van der Waals surface area contributed by atoms with Crippen molar-refractivity contribution >= 4 is 44.1 Å². The SMILES string of the molecule is [C-]#[N+]c1ccc(-c2nc3cc(-c4ccccc4)c4c5ccccc5nc(-c5cccc(-c6cc(F)c(F)c(F)c6)c5)c4c3nc2-c2ccc([N+]#[C-])cc2)cc1. The first-order chi connectivity index (χ1) is 26.9. The third-order valence-corrected chi connectivity index (χ3v) is 9.68. The topological polar surface area (TPSA) is 47.4 Å². The first-order valence-corrected chi connectivity index (χ1v) is 17.2. The van der Waals surface area contributed by atoms with Crippen LogP contribution in [-0.4, -0.2) is 15.0 Å². The molecule has 258 valence electrons. The Hall–Kier alpha value is -7.68. The summed E-state index contributed by atoms with van der Waals surface area (Å²) in [5.74, 6) is -4.08. The molecule has 0 unspecified atom stereocenters. The van der Waals surface area contributed by atoms with Crippen LogP contribution in [0.4, 0.5) is 24.5 Å². The first-order valence-electron chi connectivity index (χ1n) is 17.2. The summed E-state index contributed by atoms with van der Waals surface area (Å²) in [4.78, 5) is 23.1. The van der Waals surface area contributed by atoms with Gasteiger partial charge in [-0.1, -0.05) is 115 Å². The van der Waals surface area contributed by atoms with Gasteiger partial charge in [-0.3, -0.25) is 0 Å². The summed E-state index contributed by atoms with van der Waals surface area (Å²) in [6, 6.07) is 43.4. The molecule has 0 bridgehead atoms. The molecule has 0 fully saturated rings. The molecule has 8 heteroatoms. The third kappa shape index (κ3) is 5.79. The maximum absolute atomic E-state index is 14.5. The Morgan fingerprint density at radius 1 is 0.418 bits per heavy atom. The summed E-state index contributed by atoms with van der Waals surface area (Å²) in [6.07, 6.45) is 0. The molecule has 0 aliphatic carbocycles. The third-order valence-electron chi connectivity index (χ3n) is 9.68. The normalized spacial score (nSPS) is 11.1. The van der Waals surface area contributed by atoms with Crippen LogP contribution in [-0.2, 0) is 0 Å². The molecule has 0 aliphatic heterocycles. The lowest BCUT2D eigenvalue weighted by Gasteiger charge is -2.18. The van der Waals surface area contributed by atoms with Crippen LogP contribution in [0.1, 0.15) is 0 Å². The molecule has 9 rings (SSSR count). The van der Waals surface area contributed by atoms with Crippen LogP contribution in [0.25, 0.3) is 98.4 Å². The lowest BCUT2D eigenvalue weighted by atomic mass is 9.90. The van der Waals surface area contributed by atoms with Gasteiger partial charge in [-0.15, -0.1) is 0 Å². The number of hydrogen-bond acceptors (Lipinski definition) is 3. The van der Waals surface area contributed by atoms with Crippen LogP contribution in [0.3, 0.4) is 0 Å². The second kappa shape index (κ2) is 13.4. The number of hydrogen-bond donors (Lipinski definition) is 0. The van der Waals surface area contributed by atoms with Gasteiger partial charge in [0.1, 0.15) is 0 Å². The molecular weight excluding hydrogens is 692 g/mol. The fourth-order valence-electron chi connectivity index (χ4n) is 7.08. The average molecular weight is 716 g/mol. The van der Waals surface area contributed by atoms with E-state index in [1.165, 1.54) is 0 Å². The van der Waals surface area contributed by atoms with Crippen LogP contribution >= 0.6 is 0 Å². The van der Waals surface area contributed by atoms with Crippen LogP contribution in [0.15, 0.2) is 146 Å². The van der Waals surface area contributed by atoms with Crippen molar-refractivity contribution in [2.24, 2.45) is 0 Å². The highest BCUT2D eigenvalue weighted by Gasteiger charge is 2.23. The van der Waals surface area contributed by atoms with Gasteiger partial charge in [0.05, 0.1) is 46.8 Å². The average Bonchev–Trinajstić information content (AvgIpc) is 3.24. The second-order valence-corrected chi connectivity index (χ2v) is 13.0. The number of nitrogens with zero attached hydrogens (tertiary/aromatic N) is 5. The van der Waals surface area contributed by atoms with Crippen molar-refractivity contribution in [2.75, 3.05) is 0 Å². The molecule has 55 heavy (non-hydrogen) atoms. The molecule has 9 aromatic rings. The summed E-state index contributed by atoms with van der Waals surface area (Å²) in [5.41, 5.74) is 9.24. The largest absolute Gasteiger partial charge is 0.247 e. The summed E-state index contributed by atoms with van der Waals surface area (Å²) in [6.45, 7) is 15.0. The predicted octanol–water partition coefficient (Wildman–Crippen LogP) is 13.2. The molecular formula is C47H24F3N5. The van der Waals surface area contributed by atoms with Crippen molar-refractivity contribution in [3.8, 4) is 56.0 Å². The molecule has 0 atom stereocenters. The van der Waals surface area contributed by atoms with Crippen LogP contribution < -0.4 is 0 Å². The van der Waals surface area contributed by atoms with E-state index in [2.05, 4.69) is 9.69 Å². The Labute approximate surface area is 313 Å². The van der Waals surface area contributed by atoms with Crippen molar-refractivity contribution in [1.29, 1.82) is 0 Å². The Balaban J connectivity index is 1.43. The fourth-order valence-corrected chi connectivity index (χ4v) is 7.08. The molecule has 0 N–H and O–H groups in total. The number of para-hydroxylation sites is 1. The van der Waals surface area contributed by atoms with Gasteiger partial charge in [-0.2, -0.15) is 0 Å². The zero-order chi connectivity index (χ0) is 37.6. The highest BCUT2D eigenvalue weighted by atomic mass is 19.2. The highest BCUT2D eigenvalue weighted by Crippen LogP contribution is 2.44. The van der Waals surface area contributed by atoms with Gasteiger partial charge in [-0.05, 0) is 63.7 Å². The molecule has 0 radical (unpaired) electrons. The van der Waals surface area contributed by atoms with Gasteiger partial charge in [0.25, 0.3) is 0 Å². The van der Waals surface area contributed by atoms with E-state index in [0.29, 0.717) is 56.0 Å². The molecule has 0 aliphatic rings. The molecule has 0 amide bonds. The molecule has 5 nitrogen and oxygen atoms in total. The number of fused-ring (bicyclic) bond motifs is 5. The smallest absolute Gasteiger partial charge is 0.194 e.